The molecule has 0 radical (unpaired) electrons. The Bertz CT molecular complexity index is 762. The van der Waals surface area contributed by atoms with E-state index in [9.17, 15) is 9.59 Å². The van der Waals surface area contributed by atoms with Crippen LogP contribution in [0.1, 0.15) is 30.6 Å². The molecule has 2 aromatic carbocycles. The van der Waals surface area contributed by atoms with Gasteiger partial charge in [0.25, 0.3) is 0 Å². The Kier molecular flexibility index (Phi) is 6.00. The summed E-state index contributed by atoms with van der Waals surface area (Å²) in [5.74, 6) is -0.222. The molecule has 126 valence electrons. The lowest BCUT2D eigenvalue weighted by molar-refractivity contribution is -0.117. The minimum atomic E-state index is -0.518. The van der Waals surface area contributed by atoms with Crippen LogP contribution in [-0.2, 0) is 4.79 Å². The van der Waals surface area contributed by atoms with Crippen molar-refractivity contribution < 1.29 is 9.59 Å². The third kappa shape index (κ3) is 4.59. The van der Waals surface area contributed by atoms with Gasteiger partial charge in [0.2, 0.25) is 5.91 Å². The van der Waals surface area contributed by atoms with Crippen molar-refractivity contribution in [2.75, 3.05) is 11.1 Å². The number of carbonyl (C=O) groups excluding carboxylic acids is 2. The van der Waals surface area contributed by atoms with Crippen LogP contribution in [0.25, 0.3) is 0 Å². The molecule has 1 unspecified atom stereocenters. The first-order valence-electron chi connectivity index (χ1n) is 7.65. The van der Waals surface area contributed by atoms with E-state index in [-0.39, 0.29) is 11.7 Å². The number of anilines is 2. The Hall–Kier alpha value is -2.31. The maximum atomic E-state index is 11.9. The van der Waals surface area contributed by atoms with Gasteiger partial charge in [-0.1, -0.05) is 30.8 Å². The summed E-state index contributed by atoms with van der Waals surface area (Å²) in [6.07, 6.45) is 0.583. The molecule has 0 aliphatic rings. The zero-order valence-corrected chi connectivity index (χ0v) is 14.5. The molecule has 0 aliphatic heterocycles. The molecule has 0 fully saturated rings. The summed E-state index contributed by atoms with van der Waals surface area (Å²) in [6.45, 7) is 3.37. The van der Waals surface area contributed by atoms with E-state index >= 15 is 0 Å². The van der Waals surface area contributed by atoms with Crippen molar-refractivity contribution in [2.45, 2.75) is 36.1 Å². The van der Waals surface area contributed by atoms with Crippen molar-refractivity contribution in [1.29, 1.82) is 0 Å². The molecule has 6 heteroatoms. The van der Waals surface area contributed by atoms with E-state index in [0.717, 1.165) is 9.79 Å². The SMILES string of the molecule is CCC(N)C(=O)Nc1cccc(Sc2ccc(C(C)=O)cc2N)c1. The quantitative estimate of drug-likeness (QED) is 0.552. The fourth-order valence-electron chi connectivity index (χ4n) is 2.05. The highest BCUT2D eigenvalue weighted by atomic mass is 32.2. The molecule has 0 saturated carbocycles. The van der Waals surface area contributed by atoms with E-state index in [2.05, 4.69) is 5.32 Å². The number of hydrogen-bond acceptors (Lipinski definition) is 5. The molecule has 1 atom stereocenters. The molecule has 2 aromatic rings. The number of hydrogen-bond donors (Lipinski definition) is 3. The Morgan fingerprint density at radius 2 is 1.96 bits per heavy atom. The summed E-state index contributed by atoms with van der Waals surface area (Å²) >= 11 is 1.47. The molecule has 24 heavy (non-hydrogen) atoms. The number of benzene rings is 2. The second kappa shape index (κ2) is 7.99. The maximum absolute atomic E-state index is 11.9. The van der Waals surface area contributed by atoms with E-state index in [1.165, 1.54) is 18.7 Å². The Morgan fingerprint density at radius 1 is 1.21 bits per heavy atom. The van der Waals surface area contributed by atoms with Gasteiger partial charge in [-0.05, 0) is 43.7 Å². The monoisotopic (exact) mass is 343 g/mol. The van der Waals surface area contributed by atoms with Gasteiger partial charge in [0.15, 0.2) is 5.78 Å². The van der Waals surface area contributed by atoms with Gasteiger partial charge >= 0.3 is 0 Å². The van der Waals surface area contributed by atoms with Crippen LogP contribution in [0.2, 0.25) is 0 Å². The minimum Gasteiger partial charge on any atom is -0.398 e. The average Bonchev–Trinajstić information content (AvgIpc) is 2.56. The summed E-state index contributed by atoms with van der Waals surface area (Å²) in [5, 5.41) is 2.80. The summed E-state index contributed by atoms with van der Waals surface area (Å²) in [4.78, 5) is 25.0. The summed E-state index contributed by atoms with van der Waals surface area (Å²) in [7, 11) is 0. The van der Waals surface area contributed by atoms with Gasteiger partial charge in [-0.15, -0.1) is 0 Å². The molecule has 0 aliphatic carbocycles. The van der Waals surface area contributed by atoms with Crippen molar-refractivity contribution in [1.82, 2.24) is 0 Å². The number of nitrogens with two attached hydrogens (primary N) is 2. The van der Waals surface area contributed by atoms with Crippen LogP contribution in [-0.4, -0.2) is 17.7 Å². The van der Waals surface area contributed by atoms with Crippen molar-refractivity contribution >= 4 is 34.8 Å². The maximum Gasteiger partial charge on any atom is 0.241 e. The van der Waals surface area contributed by atoms with E-state index in [1.807, 2.05) is 37.3 Å². The molecule has 0 bridgehead atoms. The fourth-order valence-corrected chi connectivity index (χ4v) is 2.94. The zero-order valence-electron chi connectivity index (χ0n) is 13.7. The molecule has 0 saturated heterocycles. The van der Waals surface area contributed by atoms with Crippen LogP contribution in [0.4, 0.5) is 11.4 Å². The van der Waals surface area contributed by atoms with E-state index in [1.54, 1.807) is 12.1 Å². The number of carbonyl (C=O) groups is 2. The molecule has 5 N–H and O–H groups in total. The third-order valence-electron chi connectivity index (χ3n) is 3.52. The molecule has 5 nitrogen and oxygen atoms in total. The molecular formula is C18H21N3O2S. The van der Waals surface area contributed by atoms with E-state index in [4.69, 9.17) is 11.5 Å². The number of amides is 1. The summed E-state index contributed by atoms with van der Waals surface area (Å²) in [5.41, 5.74) is 13.6. The first kappa shape index (κ1) is 18.0. The van der Waals surface area contributed by atoms with Gasteiger partial charge in [-0.25, -0.2) is 0 Å². The first-order valence-corrected chi connectivity index (χ1v) is 8.47. The van der Waals surface area contributed by atoms with Gasteiger partial charge in [0.05, 0.1) is 6.04 Å². The lowest BCUT2D eigenvalue weighted by Crippen LogP contribution is -2.34. The second-order valence-corrected chi connectivity index (χ2v) is 6.56. The Labute approximate surface area is 145 Å². The van der Waals surface area contributed by atoms with Crippen molar-refractivity contribution in [3.8, 4) is 0 Å². The summed E-state index contributed by atoms with van der Waals surface area (Å²) in [6, 6.07) is 12.2. The second-order valence-electron chi connectivity index (χ2n) is 5.44. The summed E-state index contributed by atoms with van der Waals surface area (Å²) < 4.78 is 0. The Morgan fingerprint density at radius 3 is 2.58 bits per heavy atom. The lowest BCUT2D eigenvalue weighted by Gasteiger charge is -2.11. The smallest absolute Gasteiger partial charge is 0.241 e. The fraction of sp³-hybridized carbons (Fsp3) is 0.222. The molecule has 0 spiro atoms. The number of nitrogen functional groups attached to an aromatic ring is 1. The van der Waals surface area contributed by atoms with Gasteiger partial charge in [0, 0.05) is 26.7 Å². The molecule has 2 rings (SSSR count). The van der Waals surface area contributed by atoms with Gasteiger partial charge in [-0.3, -0.25) is 9.59 Å². The predicted molar refractivity (Wildman–Crippen MR) is 98.3 cm³/mol. The standard InChI is InChI=1S/C18H21N3O2S/c1-3-15(19)18(23)21-13-5-4-6-14(10-13)24-17-8-7-12(11(2)22)9-16(17)20/h4-10,15H,3,19-20H2,1-2H3,(H,21,23). The first-order chi connectivity index (χ1) is 11.4. The third-order valence-corrected chi connectivity index (χ3v) is 4.60. The molecular weight excluding hydrogens is 322 g/mol. The van der Waals surface area contributed by atoms with Gasteiger partial charge in [-0.2, -0.15) is 0 Å². The lowest BCUT2D eigenvalue weighted by atomic mass is 10.1. The highest BCUT2D eigenvalue weighted by molar-refractivity contribution is 7.99. The minimum absolute atomic E-state index is 0.0183. The topological polar surface area (TPSA) is 98.2 Å². The van der Waals surface area contributed by atoms with Crippen molar-refractivity contribution in [3.63, 3.8) is 0 Å². The zero-order chi connectivity index (χ0) is 17.7. The number of Topliss-reactive ketones (excluding diaryl/α,β-unsaturated/α-hetero) is 1. The average molecular weight is 343 g/mol. The van der Waals surface area contributed by atoms with E-state index < -0.39 is 6.04 Å². The largest absolute Gasteiger partial charge is 0.398 e. The van der Waals surface area contributed by atoms with Crippen LogP contribution in [0.15, 0.2) is 52.3 Å². The Balaban J connectivity index is 2.15. The van der Waals surface area contributed by atoms with Crippen LogP contribution in [0.3, 0.4) is 0 Å². The molecule has 0 heterocycles. The van der Waals surface area contributed by atoms with Crippen LogP contribution in [0, 0.1) is 0 Å². The molecule has 1 amide bonds. The highest BCUT2D eigenvalue weighted by Crippen LogP contribution is 2.33. The van der Waals surface area contributed by atoms with Crippen LogP contribution >= 0.6 is 11.8 Å². The van der Waals surface area contributed by atoms with Crippen molar-refractivity contribution in [3.05, 3.63) is 48.0 Å². The van der Waals surface area contributed by atoms with E-state index in [0.29, 0.717) is 23.4 Å². The number of ketones is 1. The van der Waals surface area contributed by atoms with Crippen molar-refractivity contribution in [2.24, 2.45) is 5.73 Å². The van der Waals surface area contributed by atoms with Crippen LogP contribution < -0.4 is 16.8 Å². The van der Waals surface area contributed by atoms with Gasteiger partial charge in [0.1, 0.15) is 0 Å². The molecule has 0 aromatic heterocycles. The number of rotatable bonds is 6. The number of nitrogens with one attached hydrogen (secondary N) is 1. The predicted octanol–water partition coefficient (Wildman–Crippen LogP) is 3.30. The highest BCUT2D eigenvalue weighted by Gasteiger charge is 2.11. The van der Waals surface area contributed by atoms with Crippen LogP contribution in [0.5, 0.6) is 0 Å². The normalized spacial score (nSPS) is 11.8. The van der Waals surface area contributed by atoms with Gasteiger partial charge < -0.3 is 16.8 Å².